The van der Waals surface area contributed by atoms with Crippen molar-refractivity contribution in [3.63, 3.8) is 0 Å². The molecule has 0 aromatic carbocycles. The largest absolute Gasteiger partial charge is 0.480 e. The summed E-state index contributed by atoms with van der Waals surface area (Å²) in [5.41, 5.74) is -0.797. The first-order valence-corrected chi connectivity index (χ1v) is 15.3. The van der Waals surface area contributed by atoms with Crippen LogP contribution in [0.15, 0.2) is 11.6 Å². The van der Waals surface area contributed by atoms with Crippen LogP contribution >= 0.6 is 0 Å². The maximum Gasteiger partial charge on any atom is 0.326 e. The molecular formula is C32H45NO9. The van der Waals surface area contributed by atoms with E-state index in [-0.39, 0.29) is 35.9 Å². The fourth-order valence-corrected chi connectivity index (χ4v) is 8.80. The summed E-state index contributed by atoms with van der Waals surface area (Å²) in [5, 5.41) is 11.7. The van der Waals surface area contributed by atoms with E-state index in [9.17, 15) is 33.9 Å². The van der Waals surface area contributed by atoms with E-state index in [4.69, 9.17) is 9.47 Å². The van der Waals surface area contributed by atoms with Crippen LogP contribution in [-0.4, -0.2) is 58.7 Å². The van der Waals surface area contributed by atoms with Crippen LogP contribution in [0.5, 0.6) is 0 Å². The third-order valence-electron chi connectivity index (χ3n) is 11.0. The van der Waals surface area contributed by atoms with Crippen LogP contribution in [0.2, 0.25) is 0 Å². The average Bonchev–Trinajstić information content (AvgIpc) is 3.21. The minimum atomic E-state index is -1.41. The van der Waals surface area contributed by atoms with Gasteiger partial charge in [-0.05, 0) is 80.1 Å². The second-order valence-corrected chi connectivity index (χ2v) is 13.6. The first kappa shape index (κ1) is 31.9. The van der Waals surface area contributed by atoms with E-state index in [1.165, 1.54) is 12.5 Å². The molecule has 0 heterocycles. The van der Waals surface area contributed by atoms with Crippen LogP contribution in [0.25, 0.3) is 0 Å². The summed E-state index contributed by atoms with van der Waals surface area (Å²) in [6.07, 6.45) is 7.10. The van der Waals surface area contributed by atoms with Gasteiger partial charge >= 0.3 is 17.9 Å². The van der Waals surface area contributed by atoms with Crippen molar-refractivity contribution in [2.24, 2.45) is 34.5 Å². The minimum absolute atomic E-state index is 0.0314. The second kappa shape index (κ2) is 11.9. The number of allylic oxidation sites excluding steroid dienone is 1. The number of fused-ring (bicyclic) bond motifs is 5. The zero-order valence-electron chi connectivity index (χ0n) is 25.5. The van der Waals surface area contributed by atoms with E-state index in [2.05, 4.69) is 12.2 Å². The van der Waals surface area contributed by atoms with E-state index >= 15 is 0 Å². The maximum absolute atomic E-state index is 13.8. The Balaban J connectivity index is 1.43. The van der Waals surface area contributed by atoms with E-state index in [1.807, 2.05) is 13.0 Å². The summed E-state index contributed by atoms with van der Waals surface area (Å²) < 4.78 is 11.2. The van der Waals surface area contributed by atoms with Gasteiger partial charge in [0.2, 0.25) is 11.7 Å². The third-order valence-corrected chi connectivity index (χ3v) is 11.0. The van der Waals surface area contributed by atoms with Gasteiger partial charge in [0, 0.05) is 25.2 Å². The number of esters is 2. The normalized spacial score (nSPS) is 34.3. The first-order valence-electron chi connectivity index (χ1n) is 15.3. The monoisotopic (exact) mass is 587 g/mol. The van der Waals surface area contributed by atoms with Crippen molar-refractivity contribution in [3.8, 4) is 0 Å². The SMILES string of the molecule is CC(=O)O[C@]1(C(=O)COC(=O)CCC(=O)N[C@H](C(=O)O)C(C)C)CC[C@H]2[C@@H]3CCC4=CC(=O)CC[C@]4(C)[C@H]3CC[C@@]21C. The lowest BCUT2D eigenvalue weighted by atomic mass is 9.46. The molecule has 10 nitrogen and oxygen atoms in total. The Morgan fingerprint density at radius 1 is 1.00 bits per heavy atom. The summed E-state index contributed by atoms with van der Waals surface area (Å²) in [4.78, 5) is 74.4. The second-order valence-electron chi connectivity index (χ2n) is 13.6. The standard InChI is InChI=1S/C32H45NO9/c1-18(2)28(29(39)40)33-26(37)8-9-27(38)41-17-25(36)32(42-19(3)34)15-12-24-22-7-6-20-16-21(35)10-13-30(20,4)23(22)11-14-31(24,32)5/h16,18,22-24,28H,6-15,17H2,1-5H3,(H,33,37)(H,39,40)/t22-,23+,24+,28+,30+,31+,32+/m1/s1. The predicted molar refractivity (Wildman–Crippen MR) is 151 cm³/mol. The number of hydrogen-bond acceptors (Lipinski definition) is 8. The molecule has 1 amide bonds. The molecule has 2 N–H and O–H groups in total. The highest BCUT2D eigenvalue weighted by Crippen LogP contribution is 2.68. The molecule has 4 aliphatic rings. The minimum Gasteiger partial charge on any atom is -0.480 e. The molecule has 0 unspecified atom stereocenters. The van der Waals surface area contributed by atoms with E-state index in [0.717, 1.165) is 32.1 Å². The number of Topliss-reactive ketones (excluding diaryl/α,β-unsaturated/α-hetero) is 1. The van der Waals surface area contributed by atoms with E-state index in [1.54, 1.807) is 13.8 Å². The molecule has 0 radical (unpaired) electrons. The quantitative estimate of drug-likeness (QED) is 0.362. The molecule has 3 saturated carbocycles. The number of aliphatic carboxylic acids is 1. The summed E-state index contributed by atoms with van der Waals surface area (Å²) in [5.74, 6) is -2.76. The average molecular weight is 588 g/mol. The number of ketones is 2. The van der Waals surface area contributed by atoms with Crippen LogP contribution in [0.1, 0.15) is 98.8 Å². The number of carbonyl (C=O) groups excluding carboxylic acids is 5. The van der Waals surface area contributed by atoms with Crippen LogP contribution in [0.4, 0.5) is 0 Å². The molecule has 232 valence electrons. The van der Waals surface area contributed by atoms with Gasteiger partial charge < -0.3 is 19.9 Å². The van der Waals surface area contributed by atoms with Crippen molar-refractivity contribution in [3.05, 3.63) is 11.6 Å². The number of amides is 1. The molecule has 4 rings (SSSR count). The van der Waals surface area contributed by atoms with Gasteiger partial charge in [0.15, 0.2) is 18.0 Å². The molecule has 4 aliphatic carbocycles. The molecule has 0 spiro atoms. The first-order chi connectivity index (χ1) is 19.6. The maximum atomic E-state index is 13.8. The van der Waals surface area contributed by atoms with Gasteiger partial charge in [-0.2, -0.15) is 0 Å². The molecule has 42 heavy (non-hydrogen) atoms. The van der Waals surface area contributed by atoms with E-state index < -0.39 is 53.3 Å². The van der Waals surface area contributed by atoms with Crippen molar-refractivity contribution in [2.45, 2.75) is 110 Å². The third kappa shape index (κ3) is 5.65. The highest BCUT2D eigenvalue weighted by Gasteiger charge is 2.68. The van der Waals surface area contributed by atoms with Crippen LogP contribution in [0.3, 0.4) is 0 Å². The Kier molecular flexibility index (Phi) is 9.05. The fraction of sp³-hybridized carbons (Fsp3) is 0.750. The van der Waals surface area contributed by atoms with Gasteiger partial charge in [-0.25, -0.2) is 4.79 Å². The van der Waals surface area contributed by atoms with Crippen LogP contribution in [0, 0.1) is 34.5 Å². The van der Waals surface area contributed by atoms with Crippen molar-refractivity contribution in [2.75, 3.05) is 6.61 Å². The number of nitrogens with one attached hydrogen (secondary N) is 1. The molecule has 7 atom stereocenters. The lowest BCUT2D eigenvalue weighted by molar-refractivity contribution is -0.191. The number of carbonyl (C=O) groups is 6. The Bertz CT molecular complexity index is 1190. The molecule has 10 heteroatoms. The highest BCUT2D eigenvalue weighted by molar-refractivity contribution is 5.94. The lowest BCUT2D eigenvalue weighted by Crippen LogP contribution is -2.59. The Labute approximate surface area is 247 Å². The topological polar surface area (TPSA) is 153 Å². The Morgan fingerprint density at radius 2 is 1.69 bits per heavy atom. The van der Waals surface area contributed by atoms with Gasteiger partial charge in [-0.15, -0.1) is 0 Å². The molecule has 0 aromatic rings. The number of carboxylic acid groups (broad SMARTS) is 1. The predicted octanol–water partition coefficient (Wildman–Crippen LogP) is 3.94. The van der Waals surface area contributed by atoms with Crippen molar-refractivity contribution in [1.29, 1.82) is 0 Å². The summed E-state index contributed by atoms with van der Waals surface area (Å²) in [6.45, 7) is 8.38. The van der Waals surface area contributed by atoms with Crippen LogP contribution in [-0.2, 0) is 38.2 Å². The van der Waals surface area contributed by atoms with Gasteiger partial charge in [0.1, 0.15) is 6.04 Å². The lowest BCUT2D eigenvalue weighted by Gasteiger charge is -2.59. The molecule has 0 bridgehead atoms. The van der Waals surface area contributed by atoms with Crippen molar-refractivity contribution >= 4 is 35.4 Å². The number of ether oxygens (including phenoxy) is 2. The highest BCUT2D eigenvalue weighted by atomic mass is 16.6. The molecule has 0 saturated heterocycles. The van der Waals surface area contributed by atoms with Gasteiger partial charge in [0.25, 0.3) is 0 Å². The summed E-state index contributed by atoms with van der Waals surface area (Å²) >= 11 is 0. The molecular weight excluding hydrogens is 542 g/mol. The summed E-state index contributed by atoms with van der Waals surface area (Å²) in [7, 11) is 0. The smallest absolute Gasteiger partial charge is 0.326 e. The van der Waals surface area contributed by atoms with Gasteiger partial charge in [-0.1, -0.05) is 33.3 Å². The number of rotatable bonds is 10. The number of carboxylic acids is 1. The van der Waals surface area contributed by atoms with Gasteiger partial charge in [0.05, 0.1) is 6.42 Å². The van der Waals surface area contributed by atoms with Crippen LogP contribution < -0.4 is 5.32 Å². The Hall–Kier alpha value is -3.04. The molecule has 3 fully saturated rings. The zero-order chi connectivity index (χ0) is 31.0. The van der Waals surface area contributed by atoms with Crippen molar-refractivity contribution < 1.29 is 43.3 Å². The van der Waals surface area contributed by atoms with E-state index in [0.29, 0.717) is 31.1 Å². The molecule has 0 aliphatic heterocycles. The fourth-order valence-electron chi connectivity index (χ4n) is 8.80. The Morgan fingerprint density at radius 3 is 2.33 bits per heavy atom. The zero-order valence-corrected chi connectivity index (χ0v) is 25.5. The summed E-state index contributed by atoms with van der Waals surface area (Å²) in [6, 6.07) is -1.07. The van der Waals surface area contributed by atoms with Gasteiger partial charge in [-0.3, -0.25) is 24.0 Å². The molecule has 0 aromatic heterocycles. The number of hydrogen-bond donors (Lipinski definition) is 2. The van der Waals surface area contributed by atoms with Crippen molar-refractivity contribution in [1.82, 2.24) is 5.32 Å².